The summed E-state index contributed by atoms with van der Waals surface area (Å²) in [4.78, 5) is 0. The van der Waals surface area contributed by atoms with E-state index in [2.05, 4.69) is 121 Å². The van der Waals surface area contributed by atoms with Crippen molar-refractivity contribution in [1.29, 1.82) is 0 Å². The fourth-order valence-corrected chi connectivity index (χ4v) is 15.7. The molecule has 0 heterocycles. The van der Waals surface area contributed by atoms with Crippen molar-refractivity contribution < 1.29 is 29.6 Å². The molecule has 0 aliphatic heterocycles. The molecule has 26 heavy (non-hydrogen) atoms. The molecule has 0 radical (unpaired) electrons. The van der Waals surface area contributed by atoms with Crippen LogP contribution in [-0.4, -0.2) is 15.0 Å². The van der Waals surface area contributed by atoms with E-state index in [0.29, 0.717) is 0 Å². The molecule has 0 saturated carbocycles. The predicted molar refractivity (Wildman–Crippen MR) is 110 cm³/mol. The molecule has 2 heteroatoms. The standard InChI is InChI=1S/4C6H5.Ga.Na/c4*1-2-4-6-5-3-1;;/h4*1-5H;;/q;;;;-1;+1. The first-order valence-electron chi connectivity index (χ1n) is 8.80. The minimum atomic E-state index is -3.21. The van der Waals surface area contributed by atoms with Crippen molar-refractivity contribution in [3.05, 3.63) is 121 Å². The van der Waals surface area contributed by atoms with Gasteiger partial charge in [-0.2, -0.15) is 0 Å². The van der Waals surface area contributed by atoms with E-state index < -0.39 is 15.0 Å². The Morgan fingerprint density at radius 2 is 0.500 bits per heavy atom. The number of hydrogen-bond donors (Lipinski definition) is 0. The summed E-state index contributed by atoms with van der Waals surface area (Å²) in [6, 6.07) is 44.4. The van der Waals surface area contributed by atoms with Gasteiger partial charge in [-0.05, 0) is 0 Å². The van der Waals surface area contributed by atoms with Gasteiger partial charge in [0.1, 0.15) is 0 Å². The second-order valence-electron chi connectivity index (χ2n) is 6.51. The van der Waals surface area contributed by atoms with E-state index in [-0.39, 0.29) is 29.6 Å². The van der Waals surface area contributed by atoms with Crippen molar-refractivity contribution in [3.8, 4) is 0 Å². The second-order valence-corrected chi connectivity index (χ2v) is 15.7. The molecule has 0 aliphatic carbocycles. The van der Waals surface area contributed by atoms with Crippen molar-refractivity contribution in [3.63, 3.8) is 0 Å². The van der Waals surface area contributed by atoms with Gasteiger partial charge >= 0.3 is 182 Å². The molecule has 0 unspecified atom stereocenters. The van der Waals surface area contributed by atoms with E-state index in [1.54, 1.807) is 0 Å². The van der Waals surface area contributed by atoms with Gasteiger partial charge in [-0.25, -0.2) is 0 Å². The van der Waals surface area contributed by atoms with Gasteiger partial charge in [0.05, 0.1) is 0 Å². The molecule has 0 aromatic heterocycles. The molecule has 0 nitrogen and oxygen atoms in total. The molecule has 0 bridgehead atoms. The van der Waals surface area contributed by atoms with Crippen molar-refractivity contribution in [1.82, 2.24) is 0 Å². The van der Waals surface area contributed by atoms with Crippen LogP contribution in [0.1, 0.15) is 0 Å². The molecule has 0 aliphatic rings. The van der Waals surface area contributed by atoms with Gasteiger partial charge in [-0.15, -0.1) is 0 Å². The first-order chi connectivity index (χ1) is 12.4. The van der Waals surface area contributed by atoms with Crippen LogP contribution >= 0.6 is 0 Å². The van der Waals surface area contributed by atoms with Crippen LogP contribution in [0.4, 0.5) is 0 Å². The Bertz CT molecular complexity index is 759. The normalized spacial score (nSPS) is 10.8. The second kappa shape index (κ2) is 8.94. The fraction of sp³-hybridized carbons (Fsp3) is 0. The summed E-state index contributed by atoms with van der Waals surface area (Å²) < 4.78 is 5.92. The zero-order valence-corrected chi connectivity index (χ0v) is 19.5. The minimum absolute atomic E-state index is 0. The van der Waals surface area contributed by atoms with Crippen LogP contribution in [0.15, 0.2) is 121 Å². The monoisotopic (exact) mass is 400 g/mol. The Morgan fingerprint density at radius 1 is 0.308 bits per heavy atom. The molecule has 4 rings (SSSR count). The van der Waals surface area contributed by atoms with Gasteiger partial charge in [0.15, 0.2) is 0 Å². The predicted octanol–water partition coefficient (Wildman–Crippen LogP) is 0.0680. The van der Waals surface area contributed by atoms with Crippen molar-refractivity contribution in [2.45, 2.75) is 0 Å². The maximum atomic E-state index is 2.32. The van der Waals surface area contributed by atoms with Gasteiger partial charge in [-0.3, -0.25) is 0 Å². The molecule has 4 aromatic carbocycles. The van der Waals surface area contributed by atoms with E-state index >= 15 is 0 Å². The summed E-state index contributed by atoms with van der Waals surface area (Å²) in [6.45, 7) is 0. The number of rotatable bonds is 4. The molecule has 4 aromatic rings. The summed E-state index contributed by atoms with van der Waals surface area (Å²) >= 11 is -3.21. The third kappa shape index (κ3) is 3.51. The average molecular weight is 401 g/mol. The van der Waals surface area contributed by atoms with E-state index in [0.717, 1.165) is 0 Å². The van der Waals surface area contributed by atoms with Gasteiger partial charge < -0.3 is 0 Å². The van der Waals surface area contributed by atoms with E-state index in [9.17, 15) is 0 Å². The summed E-state index contributed by atoms with van der Waals surface area (Å²) in [5, 5.41) is 0. The zero-order chi connectivity index (χ0) is 17.0. The first kappa shape index (κ1) is 19.3. The summed E-state index contributed by atoms with van der Waals surface area (Å²) in [5.41, 5.74) is 0. The molecule has 0 spiro atoms. The van der Waals surface area contributed by atoms with Gasteiger partial charge in [-0.1, -0.05) is 0 Å². The molecule has 0 N–H and O–H groups in total. The van der Waals surface area contributed by atoms with Crippen LogP contribution in [0.3, 0.4) is 0 Å². The first-order valence-corrected chi connectivity index (χ1v) is 13.6. The quantitative estimate of drug-likeness (QED) is 0.425. The molecule has 0 atom stereocenters. The van der Waals surface area contributed by atoms with Crippen molar-refractivity contribution in [2.75, 3.05) is 0 Å². The van der Waals surface area contributed by atoms with E-state index in [1.165, 1.54) is 16.5 Å². The van der Waals surface area contributed by atoms with Gasteiger partial charge in [0.2, 0.25) is 0 Å². The molecular formula is C24H20GaNa. The Hall–Kier alpha value is -1.48. The molecular weight excluding hydrogens is 381 g/mol. The maximum absolute atomic E-state index is 3.21. The number of benzene rings is 4. The van der Waals surface area contributed by atoms with Crippen LogP contribution in [-0.2, 0) is 0 Å². The Balaban J connectivity index is 0.00000196. The third-order valence-corrected chi connectivity index (χ3v) is 16.8. The summed E-state index contributed by atoms with van der Waals surface area (Å²) in [5.74, 6) is 0. The van der Waals surface area contributed by atoms with Crippen molar-refractivity contribution >= 4 is 31.5 Å². The topological polar surface area (TPSA) is 0 Å². The van der Waals surface area contributed by atoms with E-state index in [4.69, 9.17) is 0 Å². The fourth-order valence-electron chi connectivity index (χ4n) is 4.12. The summed E-state index contributed by atoms with van der Waals surface area (Å²) in [6.07, 6.45) is 0. The molecule has 0 saturated heterocycles. The van der Waals surface area contributed by atoms with Crippen LogP contribution in [0.2, 0.25) is 0 Å². The average Bonchev–Trinajstić information content (AvgIpc) is 2.72. The Morgan fingerprint density at radius 3 is 0.692 bits per heavy atom. The van der Waals surface area contributed by atoms with E-state index in [1.807, 2.05) is 0 Å². The van der Waals surface area contributed by atoms with Crippen LogP contribution < -0.4 is 46.0 Å². The molecule has 120 valence electrons. The Kier molecular flexibility index (Phi) is 6.63. The third-order valence-electron chi connectivity index (χ3n) is 5.20. The summed E-state index contributed by atoms with van der Waals surface area (Å²) in [7, 11) is 0. The van der Waals surface area contributed by atoms with Gasteiger partial charge in [0, 0.05) is 0 Å². The number of hydrogen-bond acceptors (Lipinski definition) is 0. The van der Waals surface area contributed by atoms with Crippen LogP contribution in [0.25, 0.3) is 0 Å². The molecule has 0 fully saturated rings. The van der Waals surface area contributed by atoms with Crippen LogP contribution in [0.5, 0.6) is 0 Å². The van der Waals surface area contributed by atoms with Crippen molar-refractivity contribution in [2.24, 2.45) is 0 Å². The van der Waals surface area contributed by atoms with Crippen LogP contribution in [0, 0.1) is 0 Å². The molecule has 0 amide bonds. The zero-order valence-electron chi connectivity index (χ0n) is 15.1. The Labute approximate surface area is 181 Å². The van der Waals surface area contributed by atoms with Gasteiger partial charge in [0.25, 0.3) is 0 Å². The SMILES string of the molecule is [Na+].c1cc[c]([Ga-]([c]2ccccc2)([c]2ccccc2)[c]2ccccc2)cc1.